The van der Waals surface area contributed by atoms with Crippen LogP contribution in [0.15, 0.2) is 54.6 Å². The number of benzene rings is 2. The first-order valence-corrected chi connectivity index (χ1v) is 7.78. The fourth-order valence-electron chi connectivity index (χ4n) is 2.58. The number of nitrogens with zero attached hydrogens (tertiary/aromatic N) is 2. The van der Waals surface area contributed by atoms with Gasteiger partial charge in [0.15, 0.2) is 6.19 Å². The SMILES string of the molecule is N#CN1CCC(NC(=O)Nc2cccc(Oc3ccccc3)c2)C1. The van der Waals surface area contributed by atoms with E-state index in [-0.39, 0.29) is 12.1 Å². The fraction of sp³-hybridized carbons (Fsp3) is 0.222. The van der Waals surface area contributed by atoms with Crippen molar-refractivity contribution in [2.24, 2.45) is 0 Å². The van der Waals surface area contributed by atoms with Gasteiger partial charge in [-0.1, -0.05) is 24.3 Å². The van der Waals surface area contributed by atoms with Gasteiger partial charge in [-0.3, -0.25) is 0 Å². The number of ether oxygens (including phenoxy) is 1. The van der Waals surface area contributed by atoms with Gasteiger partial charge in [0, 0.05) is 24.8 Å². The highest BCUT2D eigenvalue weighted by Crippen LogP contribution is 2.23. The molecule has 2 amide bonds. The predicted octanol–water partition coefficient (Wildman–Crippen LogP) is 3.16. The molecule has 2 aromatic rings. The highest BCUT2D eigenvalue weighted by molar-refractivity contribution is 5.89. The van der Waals surface area contributed by atoms with E-state index in [0.29, 0.717) is 24.5 Å². The molecule has 1 aliphatic rings. The van der Waals surface area contributed by atoms with Crippen molar-refractivity contribution in [3.05, 3.63) is 54.6 Å². The maximum Gasteiger partial charge on any atom is 0.319 e. The molecule has 1 aliphatic heterocycles. The highest BCUT2D eigenvalue weighted by atomic mass is 16.5. The smallest absolute Gasteiger partial charge is 0.319 e. The van der Waals surface area contributed by atoms with Crippen LogP contribution in [0.2, 0.25) is 0 Å². The molecule has 0 aromatic heterocycles. The predicted molar refractivity (Wildman–Crippen MR) is 90.7 cm³/mol. The van der Waals surface area contributed by atoms with Crippen molar-refractivity contribution < 1.29 is 9.53 Å². The van der Waals surface area contributed by atoms with Gasteiger partial charge in [0.1, 0.15) is 11.5 Å². The largest absolute Gasteiger partial charge is 0.457 e. The van der Waals surface area contributed by atoms with E-state index in [2.05, 4.69) is 16.8 Å². The molecule has 2 aromatic carbocycles. The molecule has 2 N–H and O–H groups in total. The van der Waals surface area contributed by atoms with Crippen molar-refractivity contribution in [2.75, 3.05) is 18.4 Å². The molecule has 24 heavy (non-hydrogen) atoms. The van der Waals surface area contributed by atoms with E-state index in [9.17, 15) is 4.79 Å². The molecule has 1 heterocycles. The van der Waals surface area contributed by atoms with Crippen molar-refractivity contribution in [3.63, 3.8) is 0 Å². The summed E-state index contributed by atoms with van der Waals surface area (Å²) in [6.07, 6.45) is 2.87. The van der Waals surface area contributed by atoms with E-state index in [1.54, 1.807) is 17.0 Å². The van der Waals surface area contributed by atoms with Crippen molar-refractivity contribution in [1.29, 1.82) is 5.26 Å². The number of rotatable bonds is 4. The zero-order valence-electron chi connectivity index (χ0n) is 13.1. The van der Waals surface area contributed by atoms with Gasteiger partial charge in [0.05, 0.1) is 6.04 Å². The number of hydrogen-bond acceptors (Lipinski definition) is 4. The molecular weight excluding hydrogens is 304 g/mol. The molecular formula is C18H18N4O2. The number of nitriles is 1. The molecule has 0 bridgehead atoms. The second kappa shape index (κ2) is 7.38. The van der Waals surface area contributed by atoms with Crippen LogP contribution in [0.3, 0.4) is 0 Å². The van der Waals surface area contributed by atoms with Crippen LogP contribution in [-0.2, 0) is 0 Å². The van der Waals surface area contributed by atoms with E-state index >= 15 is 0 Å². The molecule has 3 rings (SSSR count). The zero-order chi connectivity index (χ0) is 16.8. The molecule has 1 fully saturated rings. The Labute approximate surface area is 140 Å². The van der Waals surface area contributed by atoms with Crippen molar-refractivity contribution in [2.45, 2.75) is 12.5 Å². The molecule has 1 atom stereocenters. The van der Waals surface area contributed by atoms with Crippen LogP contribution < -0.4 is 15.4 Å². The van der Waals surface area contributed by atoms with E-state index in [1.807, 2.05) is 42.5 Å². The third-order valence-corrected chi connectivity index (χ3v) is 3.74. The van der Waals surface area contributed by atoms with E-state index in [1.165, 1.54) is 0 Å². The lowest BCUT2D eigenvalue weighted by molar-refractivity contribution is 0.248. The van der Waals surface area contributed by atoms with Crippen molar-refractivity contribution in [3.8, 4) is 17.7 Å². The Kier molecular flexibility index (Phi) is 4.82. The molecule has 6 nitrogen and oxygen atoms in total. The summed E-state index contributed by atoms with van der Waals surface area (Å²) in [4.78, 5) is 13.7. The quantitative estimate of drug-likeness (QED) is 0.848. The second-order valence-corrected chi connectivity index (χ2v) is 5.57. The second-order valence-electron chi connectivity index (χ2n) is 5.57. The summed E-state index contributed by atoms with van der Waals surface area (Å²) in [5, 5.41) is 14.5. The molecule has 122 valence electrons. The molecule has 1 unspecified atom stereocenters. The van der Waals surface area contributed by atoms with Crippen LogP contribution in [0.25, 0.3) is 0 Å². The minimum Gasteiger partial charge on any atom is -0.457 e. The van der Waals surface area contributed by atoms with Gasteiger partial charge >= 0.3 is 6.03 Å². The third-order valence-electron chi connectivity index (χ3n) is 3.74. The van der Waals surface area contributed by atoms with Gasteiger partial charge in [-0.2, -0.15) is 5.26 Å². The number of carbonyl (C=O) groups is 1. The summed E-state index contributed by atoms with van der Waals surface area (Å²) in [5.74, 6) is 1.39. The Hall–Kier alpha value is -3.20. The Bertz CT molecular complexity index is 742. The van der Waals surface area contributed by atoms with Crippen LogP contribution in [-0.4, -0.2) is 30.1 Å². The average Bonchev–Trinajstić information content (AvgIpc) is 3.03. The highest BCUT2D eigenvalue weighted by Gasteiger charge is 2.22. The first kappa shape index (κ1) is 15.7. The summed E-state index contributed by atoms with van der Waals surface area (Å²) in [7, 11) is 0. The summed E-state index contributed by atoms with van der Waals surface area (Å²) >= 11 is 0. The molecule has 0 radical (unpaired) electrons. The average molecular weight is 322 g/mol. The van der Waals surface area contributed by atoms with Crippen molar-refractivity contribution in [1.82, 2.24) is 10.2 Å². The number of anilines is 1. The van der Waals surface area contributed by atoms with Gasteiger partial charge in [-0.15, -0.1) is 0 Å². The molecule has 6 heteroatoms. The van der Waals surface area contributed by atoms with Gasteiger partial charge in [-0.05, 0) is 30.7 Å². The summed E-state index contributed by atoms with van der Waals surface area (Å²) in [5.41, 5.74) is 0.649. The van der Waals surface area contributed by atoms with Crippen molar-refractivity contribution >= 4 is 11.7 Å². The fourth-order valence-corrected chi connectivity index (χ4v) is 2.58. The van der Waals surface area contributed by atoms with E-state index in [4.69, 9.17) is 10.00 Å². The van der Waals surface area contributed by atoms with E-state index < -0.39 is 0 Å². The van der Waals surface area contributed by atoms with Crippen LogP contribution in [0.5, 0.6) is 11.5 Å². The summed E-state index contributed by atoms with van der Waals surface area (Å²) in [6, 6.07) is 16.4. The maximum atomic E-state index is 12.1. The summed E-state index contributed by atoms with van der Waals surface area (Å²) in [6.45, 7) is 1.24. The molecule has 0 aliphatic carbocycles. The maximum absolute atomic E-state index is 12.1. The van der Waals surface area contributed by atoms with Crippen LogP contribution in [0.1, 0.15) is 6.42 Å². The van der Waals surface area contributed by atoms with Crippen LogP contribution in [0.4, 0.5) is 10.5 Å². The Balaban J connectivity index is 1.56. The standard InChI is InChI=1S/C18H18N4O2/c19-13-22-10-9-15(12-22)21-18(23)20-14-5-4-8-17(11-14)24-16-6-2-1-3-7-16/h1-8,11,15H,9-10,12H2,(H2,20,21,23). The number of likely N-dealkylation sites (tertiary alicyclic amines) is 1. The molecule has 0 spiro atoms. The third kappa shape index (κ3) is 4.17. The van der Waals surface area contributed by atoms with Gasteiger partial charge in [-0.25, -0.2) is 4.79 Å². The van der Waals surface area contributed by atoms with Gasteiger partial charge < -0.3 is 20.3 Å². The molecule has 1 saturated heterocycles. The number of carbonyl (C=O) groups excluding carboxylic acids is 1. The lowest BCUT2D eigenvalue weighted by Gasteiger charge is -2.14. The van der Waals surface area contributed by atoms with Crippen LogP contribution >= 0.6 is 0 Å². The minimum atomic E-state index is -0.281. The lowest BCUT2D eigenvalue weighted by atomic mass is 10.2. The van der Waals surface area contributed by atoms with Gasteiger partial charge in [0.25, 0.3) is 0 Å². The normalized spacial score (nSPS) is 16.3. The number of nitrogens with one attached hydrogen (secondary N) is 2. The van der Waals surface area contributed by atoms with Gasteiger partial charge in [0.2, 0.25) is 0 Å². The van der Waals surface area contributed by atoms with E-state index in [0.717, 1.165) is 12.2 Å². The number of hydrogen-bond donors (Lipinski definition) is 2. The Morgan fingerprint density at radius 3 is 2.71 bits per heavy atom. The minimum absolute atomic E-state index is 0.00611. The first-order chi connectivity index (χ1) is 11.7. The number of urea groups is 1. The lowest BCUT2D eigenvalue weighted by Crippen LogP contribution is -2.39. The first-order valence-electron chi connectivity index (χ1n) is 7.78. The molecule has 0 saturated carbocycles. The summed E-state index contributed by atoms with van der Waals surface area (Å²) < 4.78 is 5.75. The number of para-hydroxylation sites is 1. The Morgan fingerprint density at radius 2 is 1.96 bits per heavy atom. The monoisotopic (exact) mass is 322 g/mol. The zero-order valence-corrected chi connectivity index (χ0v) is 13.1. The van der Waals surface area contributed by atoms with Crippen LogP contribution in [0, 0.1) is 11.5 Å². The Morgan fingerprint density at radius 1 is 1.17 bits per heavy atom. The number of amides is 2. The topological polar surface area (TPSA) is 77.4 Å².